The first-order valence-electron chi connectivity index (χ1n) is 4.16. The molecule has 0 aliphatic carbocycles. The fourth-order valence-electron chi connectivity index (χ4n) is 0.656. The van der Waals surface area contributed by atoms with Crippen LogP contribution >= 0.6 is 23.2 Å². The fourth-order valence-corrected chi connectivity index (χ4v) is 0.874. The third-order valence-electron chi connectivity index (χ3n) is 1.26. The smallest absolute Gasteiger partial charge is 0.154 e. The Morgan fingerprint density at radius 3 is 1.75 bits per heavy atom. The molecule has 0 fully saturated rings. The van der Waals surface area contributed by atoms with Crippen LogP contribution in [0.4, 0.5) is 0 Å². The summed E-state index contributed by atoms with van der Waals surface area (Å²) in [6.45, 7) is 3.19. The first-order chi connectivity index (χ1) is 5.81. The lowest BCUT2D eigenvalue weighted by Gasteiger charge is -2.12. The highest BCUT2D eigenvalue weighted by atomic mass is 35.5. The molecule has 74 valence electrons. The molecule has 0 unspecified atom stereocenters. The van der Waals surface area contributed by atoms with Crippen LogP contribution in [0.5, 0.6) is 0 Å². The number of hydrogen-bond acceptors (Lipinski definition) is 2. The average molecular weight is 215 g/mol. The number of rotatable bonds is 8. The van der Waals surface area contributed by atoms with Gasteiger partial charge in [-0.15, -0.1) is 23.2 Å². The minimum Gasteiger partial charge on any atom is -0.353 e. The van der Waals surface area contributed by atoms with Crippen LogP contribution in [0.15, 0.2) is 0 Å². The summed E-state index contributed by atoms with van der Waals surface area (Å²) in [6, 6.07) is 0. The van der Waals surface area contributed by atoms with Crippen LogP contribution in [0.25, 0.3) is 0 Å². The van der Waals surface area contributed by atoms with Crippen molar-refractivity contribution < 1.29 is 9.47 Å². The van der Waals surface area contributed by atoms with Crippen molar-refractivity contribution in [2.24, 2.45) is 0 Å². The van der Waals surface area contributed by atoms with Gasteiger partial charge in [-0.05, 0) is 19.8 Å². The van der Waals surface area contributed by atoms with Crippen LogP contribution in [-0.4, -0.2) is 31.3 Å². The quantitative estimate of drug-likeness (QED) is 0.352. The summed E-state index contributed by atoms with van der Waals surface area (Å²) in [5, 5.41) is 0. The van der Waals surface area contributed by atoms with Gasteiger partial charge in [0.2, 0.25) is 0 Å². The summed E-state index contributed by atoms with van der Waals surface area (Å²) in [7, 11) is 0. The van der Waals surface area contributed by atoms with Crippen molar-refractivity contribution >= 4 is 23.2 Å². The first-order valence-corrected chi connectivity index (χ1v) is 5.23. The monoisotopic (exact) mass is 214 g/mol. The Hall–Kier alpha value is 0.500. The molecular formula is C8H16Cl2O2. The van der Waals surface area contributed by atoms with Crippen molar-refractivity contribution in [2.75, 3.05) is 25.0 Å². The van der Waals surface area contributed by atoms with E-state index in [4.69, 9.17) is 32.7 Å². The molecule has 0 bridgehead atoms. The molecule has 0 N–H and O–H groups in total. The van der Waals surface area contributed by atoms with Gasteiger partial charge in [0.05, 0.1) is 13.2 Å². The predicted molar refractivity (Wildman–Crippen MR) is 52.0 cm³/mol. The van der Waals surface area contributed by atoms with Crippen LogP contribution in [0.2, 0.25) is 0 Å². The predicted octanol–water partition coefficient (Wildman–Crippen LogP) is 2.62. The molecule has 0 atom stereocenters. The molecule has 0 aliphatic rings. The Kier molecular flexibility index (Phi) is 9.99. The summed E-state index contributed by atoms with van der Waals surface area (Å²) in [4.78, 5) is 0. The zero-order valence-electron chi connectivity index (χ0n) is 7.39. The second-order valence-corrected chi connectivity index (χ2v) is 3.15. The van der Waals surface area contributed by atoms with Gasteiger partial charge >= 0.3 is 0 Å². The van der Waals surface area contributed by atoms with E-state index in [9.17, 15) is 0 Å². The highest BCUT2D eigenvalue weighted by molar-refractivity contribution is 6.18. The minimum absolute atomic E-state index is 0.142. The van der Waals surface area contributed by atoms with Gasteiger partial charge in [-0.3, -0.25) is 0 Å². The highest BCUT2D eigenvalue weighted by Crippen LogP contribution is 1.97. The average Bonchev–Trinajstić information content (AvgIpc) is 2.06. The maximum Gasteiger partial charge on any atom is 0.154 e. The lowest BCUT2D eigenvalue weighted by atomic mass is 10.5. The second kappa shape index (κ2) is 9.59. The molecular weight excluding hydrogens is 199 g/mol. The lowest BCUT2D eigenvalue weighted by molar-refractivity contribution is -0.129. The number of halogens is 2. The molecule has 0 saturated carbocycles. The van der Waals surface area contributed by atoms with E-state index in [1.54, 1.807) is 0 Å². The molecule has 0 saturated heterocycles. The van der Waals surface area contributed by atoms with E-state index in [2.05, 4.69) is 0 Å². The summed E-state index contributed by atoms with van der Waals surface area (Å²) in [5.74, 6) is 1.27. The maximum absolute atomic E-state index is 5.47. The Morgan fingerprint density at radius 2 is 1.42 bits per heavy atom. The first kappa shape index (κ1) is 12.5. The zero-order valence-corrected chi connectivity index (χ0v) is 8.90. The third-order valence-corrected chi connectivity index (χ3v) is 1.80. The molecule has 0 rings (SSSR count). The zero-order chi connectivity index (χ0) is 9.23. The van der Waals surface area contributed by atoms with Crippen molar-refractivity contribution in [3.8, 4) is 0 Å². The van der Waals surface area contributed by atoms with E-state index in [0.717, 1.165) is 12.8 Å². The lowest BCUT2D eigenvalue weighted by Crippen LogP contribution is -2.14. The van der Waals surface area contributed by atoms with Gasteiger partial charge in [0.1, 0.15) is 0 Å². The van der Waals surface area contributed by atoms with Crippen molar-refractivity contribution in [2.45, 2.75) is 26.1 Å². The van der Waals surface area contributed by atoms with Crippen molar-refractivity contribution in [3.63, 3.8) is 0 Å². The van der Waals surface area contributed by atoms with Crippen LogP contribution in [0, 0.1) is 0 Å². The Balaban J connectivity index is 3.04. The molecule has 0 aliphatic heterocycles. The van der Waals surface area contributed by atoms with Crippen LogP contribution in [-0.2, 0) is 9.47 Å². The number of ether oxygens (including phenoxy) is 2. The normalized spacial score (nSPS) is 11.0. The summed E-state index contributed by atoms with van der Waals surface area (Å²) in [5.41, 5.74) is 0. The molecule has 2 nitrogen and oxygen atoms in total. The second-order valence-electron chi connectivity index (χ2n) is 2.39. The minimum atomic E-state index is -0.142. The molecule has 0 aromatic carbocycles. The van der Waals surface area contributed by atoms with Gasteiger partial charge in [0.25, 0.3) is 0 Å². The van der Waals surface area contributed by atoms with Crippen LogP contribution < -0.4 is 0 Å². The fraction of sp³-hybridized carbons (Fsp3) is 1.00. The van der Waals surface area contributed by atoms with Crippen molar-refractivity contribution in [1.29, 1.82) is 0 Å². The van der Waals surface area contributed by atoms with Crippen molar-refractivity contribution in [1.82, 2.24) is 0 Å². The standard InChI is InChI=1S/C8H16Cl2O2/c1-8(11-6-2-4-9)12-7-3-5-10/h8H,2-7H2,1H3. The topological polar surface area (TPSA) is 18.5 Å². The van der Waals surface area contributed by atoms with E-state index in [-0.39, 0.29) is 6.29 Å². The molecule has 4 heteroatoms. The van der Waals surface area contributed by atoms with Gasteiger partial charge in [0.15, 0.2) is 6.29 Å². The van der Waals surface area contributed by atoms with Gasteiger partial charge in [-0.1, -0.05) is 0 Å². The Morgan fingerprint density at radius 1 is 1.00 bits per heavy atom. The maximum atomic E-state index is 5.47. The molecule has 0 amide bonds. The molecule has 12 heavy (non-hydrogen) atoms. The largest absolute Gasteiger partial charge is 0.353 e. The van der Waals surface area contributed by atoms with E-state index in [1.165, 1.54) is 0 Å². The van der Waals surface area contributed by atoms with Gasteiger partial charge in [-0.25, -0.2) is 0 Å². The summed E-state index contributed by atoms with van der Waals surface area (Å²) in [6.07, 6.45) is 1.59. The molecule has 0 heterocycles. The third kappa shape index (κ3) is 8.60. The molecule has 0 aromatic heterocycles. The van der Waals surface area contributed by atoms with Crippen molar-refractivity contribution in [3.05, 3.63) is 0 Å². The van der Waals surface area contributed by atoms with E-state index in [1.807, 2.05) is 6.92 Å². The van der Waals surface area contributed by atoms with E-state index >= 15 is 0 Å². The number of hydrogen-bond donors (Lipinski definition) is 0. The van der Waals surface area contributed by atoms with Gasteiger partial charge < -0.3 is 9.47 Å². The van der Waals surface area contributed by atoms with Gasteiger partial charge in [0, 0.05) is 11.8 Å². The Bertz CT molecular complexity index is 81.1. The highest BCUT2D eigenvalue weighted by Gasteiger charge is 1.99. The number of alkyl halides is 2. The Labute approximate surface area is 84.1 Å². The van der Waals surface area contributed by atoms with Crippen LogP contribution in [0.1, 0.15) is 19.8 Å². The van der Waals surface area contributed by atoms with Gasteiger partial charge in [-0.2, -0.15) is 0 Å². The van der Waals surface area contributed by atoms with Crippen LogP contribution in [0.3, 0.4) is 0 Å². The van der Waals surface area contributed by atoms with E-state index < -0.39 is 0 Å². The SMILES string of the molecule is CC(OCCCCl)OCCCCl. The summed E-state index contributed by atoms with van der Waals surface area (Å²) >= 11 is 10.9. The molecule has 0 spiro atoms. The molecule has 0 radical (unpaired) electrons. The summed E-state index contributed by atoms with van der Waals surface area (Å²) < 4.78 is 10.6. The van der Waals surface area contributed by atoms with E-state index in [0.29, 0.717) is 25.0 Å². The molecule has 0 aromatic rings.